The lowest BCUT2D eigenvalue weighted by molar-refractivity contribution is 0.0954. The largest absolute Gasteiger partial charge is 0.497 e. The van der Waals surface area contributed by atoms with Crippen molar-refractivity contribution in [3.63, 3.8) is 0 Å². The van der Waals surface area contributed by atoms with E-state index < -0.39 is 0 Å². The normalized spacial score (nSPS) is 11.2. The van der Waals surface area contributed by atoms with Gasteiger partial charge in [-0.15, -0.1) is 0 Å². The predicted molar refractivity (Wildman–Crippen MR) is 131 cm³/mol. The molecule has 0 bridgehead atoms. The Labute approximate surface area is 195 Å². The fourth-order valence-corrected chi connectivity index (χ4v) is 3.45. The van der Waals surface area contributed by atoms with E-state index >= 15 is 0 Å². The highest BCUT2D eigenvalue weighted by atomic mass is 16.5. The quantitative estimate of drug-likeness (QED) is 0.266. The second kappa shape index (κ2) is 11.7. The van der Waals surface area contributed by atoms with Crippen molar-refractivity contribution < 1.29 is 9.53 Å². The molecule has 174 valence electrons. The second-order valence-electron chi connectivity index (χ2n) is 7.58. The number of amides is 1. The molecule has 3 aromatic rings. The first kappa shape index (κ1) is 23.8. The van der Waals surface area contributed by atoms with Gasteiger partial charge in [0.2, 0.25) is 0 Å². The molecule has 0 aliphatic heterocycles. The van der Waals surface area contributed by atoms with Crippen molar-refractivity contribution in [3.8, 4) is 11.4 Å². The van der Waals surface area contributed by atoms with Gasteiger partial charge < -0.3 is 20.7 Å². The van der Waals surface area contributed by atoms with E-state index in [2.05, 4.69) is 39.2 Å². The van der Waals surface area contributed by atoms with Crippen LogP contribution < -0.4 is 20.7 Å². The summed E-state index contributed by atoms with van der Waals surface area (Å²) in [4.78, 5) is 17.1. The van der Waals surface area contributed by atoms with Crippen LogP contribution >= 0.6 is 0 Å². The molecule has 3 N–H and O–H groups in total. The first-order valence-electron chi connectivity index (χ1n) is 11.1. The van der Waals surface area contributed by atoms with Crippen LogP contribution in [0.25, 0.3) is 5.69 Å². The van der Waals surface area contributed by atoms with Gasteiger partial charge in [0, 0.05) is 30.9 Å². The molecular formula is C25H32N6O2. The van der Waals surface area contributed by atoms with Crippen molar-refractivity contribution >= 4 is 11.9 Å². The average Bonchev–Trinajstić information content (AvgIpc) is 3.17. The number of carbonyl (C=O) groups is 1. The molecule has 0 fully saturated rings. The smallest absolute Gasteiger partial charge is 0.251 e. The van der Waals surface area contributed by atoms with E-state index in [1.807, 2.05) is 43.7 Å². The Morgan fingerprint density at radius 2 is 1.82 bits per heavy atom. The maximum Gasteiger partial charge on any atom is 0.251 e. The molecule has 0 aliphatic carbocycles. The lowest BCUT2D eigenvalue weighted by Gasteiger charge is -2.13. The van der Waals surface area contributed by atoms with Crippen molar-refractivity contribution in [2.24, 2.45) is 4.99 Å². The molecule has 1 heterocycles. The van der Waals surface area contributed by atoms with Crippen LogP contribution in [0.1, 0.15) is 34.2 Å². The minimum absolute atomic E-state index is 0.142. The molecule has 3 rings (SSSR count). The highest BCUT2D eigenvalue weighted by Crippen LogP contribution is 2.18. The van der Waals surface area contributed by atoms with E-state index in [0.29, 0.717) is 36.9 Å². The molecule has 2 aromatic carbocycles. The number of ether oxygens (including phenoxy) is 1. The summed E-state index contributed by atoms with van der Waals surface area (Å²) in [5.74, 6) is 1.20. The van der Waals surface area contributed by atoms with Gasteiger partial charge in [-0.3, -0.25) is 4.79 Å². The first-order chi connectivity index (χ1) is 16.0. The number of aryl methyl sites for hydroxylation is 2. The Kier molecular flexibility index (Phi) is 8.46. The lowest BCUT2D eigenvalue weighted by atomic mass is 10.2. The van der Waals surface area contributed by atoms with Crippen molar-refractivity contribution in [3.05, 3.63) is 77.1 Å². The minimum atomic E-state index is -0.142. The van der Waals surface area contributed by atoms with Gasteiger partial charge >= 0.3 is 0 Å². The highest BCUT2D eigenvalue weighted by Gasteiger charge is 2.09. The fraction of sp³-hybridized carbons (Fsp3) is 0.320. The summed E-state index contributed by atoms with van der Waals surface area (Å²) in [6, 6.07) is 17.3. The van der Waals surface area contributed by atoms with Gasteiger partial charge in [-0.2, -0.15) is 5.10 Å². The molecule has 8 heteroatoms. The Bertz CT molecular complexity index is 1110. The molecule has 0 spiro atoms. The van der Waals surface area contributed by atoms with Crippen molar-refractivity contribution in [2.75, 3.05) is 26.7 Å². The van der Waals surface area contributed by atoms with E-state index in [9.17, 15) is 4.79 Å². The predicted octanol–water partition coefficient (Wildman–Crippen LogP) is 2.98. The minimum Gasteiger partial charge on any atom is -0.497 e. The van der Waals surface area contributed by atoms with E-state index in [0.717, 1.165) is 29.2 Å². The number of nitrogens with zero attached hydrogens (tertiary/aromatic N) is 3. The van der Waals surface area contributed by atoms with Gasteiger partial charge in [0.25, 0.3) is 5.91 Å². The molecule has 1 amide bonds. The maximum absolute atomic E-state index is 12.3. The van der Waals surface area contributed by atoms with Gasteiger partial charge in [0.05, 0.1) is 25.0 Å². The zero-order valence-corrected chi connectivity index (χ0v) is 19.7. The molecule has 0 aliphatic rings. The van der Waals surface area contributed by atoms with Crippen molar-refractivity contribution in [1.29, 1.82) is 0 Å². The standard InChI is InChI=1S/C25H32N6O2/c1-5-26-25(28-14-13-27-24(32)20-10-8-11-22(16-20)33-4)29-17-21-9-6-7-12-23(21)31-19(3)15-18(2)30-31/h6-12,15-16H,5,13-14,17H2,1-4H3,(H,27,32)(H2,26,28,29). The number of para-hydroxylation sites is 1. The maximum atomic E-state index is 12.3. The Morgan fingerprint density at radius 3 is 2.55 bits per heavy atom. The summed E-state index contributed by atoms with van der Waals surface area (Å²) in [7, 11) is 1.58. The number of methoxy groups -OCH3 is 1. The molecule has 0 unspecified atom stereocenters. The molecule has 33 heavy (non-hydrogen) atoms. The summed E-state index contributed by atoms with van der Waals surface area (Å²) in [5.41, 5.74) is 4.73. The molecule has 0 radical (unpaired) electrons. The third-order valence-corrected chi connectivity index (χ3v) is 5.02. The molecule has 8 nitrogen and oxygen atoms in total. The van der Waals surface area contributed by atoms with Crippen LogP contribution in [0.3, 0.4) is 0 Å². The second-order valence-corrected chi connectivity index (χ2v) is 7.58. The number of aliphatic imine (C=N–C) groups is 1. The van der Waals surface area contributed by atoms with Gasteiger partial charge in [-0.1, -0.05) is 24.3 Å². The van der Waals surface area contributed by atoms with Crippen LogP contribution in [0.2, 0.25) is 0 Å². The number of aromatic nitrogens is 2. The van der Waals surface area contributed by atoms with Crippen LogP contribution in [0, 0.1) is 13.8 Å². The van der Waals surface area contributed by atoms with Gasteiger partial charge in [-0.05, 0) is 56.7 Å². The molecular weight excluding hydrogens is 416 g/mol. The Hall–Kier alpha value is -3.81. The number of hydrogen-bond acceptors (Lipinski definition) is 4. The highest BCUT2D eigenvalue weighted by molar-refractivity contribution is 5.94. The SMILES string of the molecule is CCNC(=NCc1ccccc1-n1nc(C)cc1C)NCCNC(=O)c1cccc(OC)c1. The number of benzene rings is 2. The zero-order chi connectivity index (χ0) is 23.6. The van der Waals surface area contributed by atoms with Crippen LogP contribution in [0.5, 0.6) is 5.75 Å². The third kappa shape index (κ3) is 6.58. The Balaban J connectivity index is 1.59. The van der Waals surface area contributed by atoms with Crippen LogP contribution in [0.4, 0.5) is 0 Å². The average molecular weight is 449 g/mol. The number of nitrogens with one attached hydrogen (secondary N) is 3. The summed E-state index contributed by atoms with van der Waals surface area (Å²) in [6.07, 6.45) is 0. The van der Waals surface area contributed by atoms with E-state index in [1.165, 1.54) is 0 Å². The fourth-order valence-electron chi connectivity index (χ4n) is 3.45. The number of rotatable bonds is 9. The van der Waals surface area contributed by atoms with Gasteiger partial charge in [-0.25, -0.2) is 9.67 Å². The Morgan fingerprint density at radius 1 is 1.03 bits per heavy atom. The number of hydrogen-bond donors (Lipinski definition) is 3. The molecule has 0 atom stereocenters. The monoisotopic (exact) mass is 448 g/mol. The summed E-state index contributed by atoms with van der Waals surface area (Å²) >= 11 is 0. The summed E-state index contributed by atoms with van der Waals surface area (Å²) < 4.78 is 7.13. The number of carbonyl (C=O) groups excluding carboxylic acids is 1. The summed E-state index contributed by atoms with van der Waals surface area (Å²) in [6.45, 7) is 8.30. The molecule has 1 aromatic heterocycles. The van der Waals surface area contributed by atoms with Crippen LogP contribution in [-0.2, 0) is 6.54 Å². The zero-order valence-electron chi connectivity index (χ0n) is 19.7. The van der Waals surface area contributed by atoms with Crippen molar-refractivity contribution in [2.45, 2.75) is 27.3 Å². The van der Waals surface area contributed by atoms with E-state index in [-0.39, 0.29) is 5.91 Å². The molecule has 0 saturated carbocycles. The van der Waals surface area contributed by atoms with E-state index in [1.54, 1.807) is 25.3 Å². The number of guanidine groups is 1. The molecule has 0 saturated heterocycles. The van der Waals surface area contributed by atoms with Gasteiger partial charge in [0.1, 0.15) is 5.75 Å². The topological polar surface area (TPSA) is 92.6 Å². The summed E-state index contributed by atoms with van der Waals surface area (Å²) in [5, 5.41) is 14.0. The third-order valence-electron chi connectivity index (χ3n) is 5.02. The first-order valence-corrected chi connectivity index (χ1v) is 11.1. The van der Waals surface area contributed by atoms with Crippen LogP contribution in [-0.4, -0.2) is 48.4 Å². The van der Waals surface area contributed by atoms with E-state index in [4.69, 9.17) is 9.73 Å². The van der Waals surface area contributed by atoms with Gasteiger partial charge in [0.15, 0.2) is 5.96 Å². The lowest BCUT2D eigenvalue weighted by Crippen LogP contribution is -2.41. The van der Waals surface area contributed by atoms with Crippen molar-refractivity contribution in [1.82, 2.24) is 25.7 Å². The van der Waals surface area contributed by atoms with Crippen LogP contribution in [0.15, 0.2) is 59.6 Å².